The van der Waals surface area contributed by atoms with Crippen molar-refractivity contribution < 1.29 is 0 Å². The third kappa shape index (κ3) is 1.75. The number of hydrogen-bond donors (Lipinski definition) is 2. The van der Waals surface area contributed by atoms with E-state index in [9.17, 15) is 0 Å². The van der Waals surface area contributed by atoms with E-state index in [0.29, 0.717) is 0 Å². The van der Waals surface area contributed by atoms with Crippen LogP contribution in [-0.4, -0.2) is 16.6 Å². The van der Waals surface area contributed by atoms with Crippen molar-refractivity contribution in [3.8, 4) is 0 Å². The minimum atomic E-state index is 0.0664. The van der Waals surface area contributed by atoms with Crippen LogP contribution >= 0.6 is 12.6 Å². The Balaban J connectivity index is 2.57. The molecule has 1 atom stereocenters. The number of fused-ring (bicyclic) bond motifs is 1. The van der Waals surface area contributed by atoms with E-state index in [1.54, 1.807) is 0 Å². The van der Waals surface area contributed by atoms with Gasteiger partial charge in [-0.2, -0.15) is 12.6 Å². The first-order valence-corrected chi connectivity index (χ1v) is 5.43. The van der Waals surface area contributed by atoms with Gasteiger partial charge in [0.1, 0.15) is 5.82 Å². The highest BCUT2D eigenvalue weighted by Gasteiger charge is 2.08. The van der Waals surface area contributed by atoms with Crippen LogP contribution in [0, 0.1) is 6.92 Å². The lowest BCUT2D eigenvalue weighted by Gasteiger charge is -2.09. The molecule has 0 radical (unpaired) electrons. The van der Waals surface area contributed by atoms with Gasteiger partial charge < -0.3 is 9.88 Å². The summed E-state index contributed by atoms with van der Waals surface area (Å²) in [5, 5.41) is 3.16. The zero-order valence-electron chi connectivity index (χ0n) is 9.15. The zero-order valence-corrected chi connectivity index (χ0v) is 10.0. The van der Waals surface area contributed by atoms with Crippen LogP contribution in [0.25, 0.3) is 11.0 Å². The first-order valence-electron chi connectivity index (χ1n) is 4.92. The minimum Gasteiger partial charge on any atom is -0.331 e. The summed E-state index contributed by atoms with van der Waals surface area (Å²) in [6, 6.07) is 6.25. The number of nitrogens with one attached hydrogen (secondary N) is 1. The molecule has 0 aliphatic rings. The Bertz CT molecular complexity index is 490. The highest BCUT2D eigenvalue weighted by molar-refractivity contribution is 7.80. The van der Waals surface area contributed by atoms with E-state index < -0.39 is 0 Å². The number of benzene rings is 1. The van der Waals surface area contributed by atoms with Gasteiger partial charge in [-0.05, 0) is 31.7 Å². The number of hydrogen-bond acceptors (Lipinski definition) is 3. The molecule has 0 bridgehead atoms. The summed E-state index contributed by atoms with van der Waals surface area (Å²) in [5.41, 5.74) is 3.33. The maximum Gasteiger partial charge on any atom is 0.106 e. The lowest BCUT2D eigenvalue weighted by Crippen LogP contribution is -2.09. The Morgan fingerprint density at radius 2 is 2.20 bits per heavy atom. The van der Waals surface area contributed by atoms with Crippen molar-refractivity contribution in [2.24, 2.45) is 7.05 Å². The van der Waals surface area contributed by atoms with Gasteiger partial charge in [0.15, 0.2) is 0 Å². The molecule has 1 aromatic carbocycles. The molecule has 3 nitrogen and oxygen atoms in total. The van der Waals surface area contributed by atoms with Crippen LogP contribution < -0.4 is 5.32 Å². The SMILES string of the molecule is CNC(S)c1ccc2c(c1)nc(C)n2C. The Hall–Kier alpha value is -1.00. The third-order valence-electron chi connectivity index (χ3n) is 2.72. The molecular formula is C11H15N3S. The topological polar surface area (TPSA) is 29.9 Å². The highest BCUT2D eigenvalue weighted by Crippen LogP contribution is 2.22. The Morgan fingerprint density at radius 3 is 2.87 bits per heavy atom. The number of nitrogens with zero attached hydrogens (tertiary/aromatic N) is 2. The Labute approximate surface area is 94.9 Å². The summed E-state index contributed by atoms with van der Waals surface area (Å²) in [6.07, 6.45) is 0. The first-order chi connectivity index (χ1) is 7.13. The molecule has 2 aromatic rings. The van der Waals surface area contributed by atoms with Crippen molar-refractivity contribution in [2.75, 3.05) is 7.05 Å². The molecule has 1 aromatic heterocycles. The predicted molar refractivity (Wildman–Crippen MR) is 66.2 cm³/mol. The second kappa shape index (κ2) is 3.87. The zero-order chi connectivity index (χ0) is 11.0. The molecule has 1 N–H and O–H groups in total. The van der Waals surface area contributed by atoms with Crippen LogP contribution in [-0.2, 0) is 7.05 Å². The molecule has 0 saturated carbocycles. The summed E-state index contributed by atoms with van der Waals surface area (Å²) in [7, 11) is 3.92. The van der Waals surface area contributed by atoms with Crippen LogP contribution in [0.5, 0.6) is 0 Å². The number of thiol groups is 1. The second-order valence-electron chi connectivity index (χ2n) is 3.66. The molecule has 4 heteroatoms. The van der Waals surface area contributed by atoms with Crippen molar-refractivity contribution in [3.05, 3.63) is 29.6 Å². The minimum absolute atomic E-state index is 0.0664. The van der Waals surface area contributed by atoms with Gasteiger partial charge in [0.25, 0.3) is 0 Å². The quantitative estimate of drug-likeness (QED) is 0.600. The van der Waals surface area contributed by atoms with Gasteiger partial charge in [-0.25, -0.2) is 4.98 Å². The fraction of sp³-hybridized carbons (Fsp3) is 0.364. The highest BCUT2D eigenvalue weighted by atomic mass is 32.1. The molecule has 2 rings (SSSR count). The molecule has 1 heterocycles. The number of aromatic nitrogens is 2. The fourth-order valence-corrected chi connectivity index (χ4v) is 1.83. The number of aryl methyl sites for hydroxylation is 2. The van der Waals surface area contributed by atoms with Gasteiger partial charge in [-0.1, -0.05) is 6.07 Å². The van der Waals surface area contributed by atoms with Crippen LogP contribution in [0.4, 0.5) is 0 Å². The Kier molecular flexibility index (Phi) is 2.71. The van der Waals surface area contributed by atoms with Crippen molar-refractivity contribution in [1.29, 1.82) is 0 Å². The Morgan fingerprint density at radius 1 is 1.47 bits per heavy atom. The van der Waals surface area contributed by atoms with Crippen LogP contribution in [0.15, 0.2) is 18.2 Å². The van der Waals surface area contributed by atoms with Gasteiger partial charge in [0.2, 0.25) is 0 Å². The first kappa shape index (κ1) is 10.5. The normalized spacial score (nSPS) is 13.3. The van der Waals surface area contributed by atoms with E-state index in [2.05, 4.69) is 45.7 Å². The molecule has 0 fully saturated rings. The largest absolute Gasteiger partial charge is 0.331 e. The lowest BCUT2D eigenvalue weighted by atomic mass is 10.2. The van der Waals surface area contributed by atoms with Crippen molar-refractivity contribution in [2.45, 2.75) is 12.3 Å². The summed E-state index contributed by atoms with van der Waals surface area (Å²) in [6.45, 7) is 2.01. The van der Waals surface area contributed by atoms with E-state index >= 15 is 0 Å². The predicted octanol–water partition coefficient (Wildman–Crippen LogP) is 2.03. The maximum atomic E-state index is 4.49. The molecule has 0 saturated heterocycles. The maximum absolute atomic E-state index is 4.49. The molecule has 0 aliphatic carbocycles. The van der Waals surface area contributed by atoms with E-state index in [4.69, 9.17) is 0 Å². The average Bonchev–Trinajstić information content (AvgIpc) is 2.53. The summed E-state index contributed by atoms with van der Waals surface area (Å²) >= 11 is 4.43. The van der Waals surface area contributed by atoms with Crippen molar-refractivity contribution in [3.63, 3.8) is 0 Å². The second-order valence-corrected chi connectivity index (χ2v) is 4.17. The molecule has 0 spiro atoms. The molecular weight excluding hydrogens is 206 g/mol. The smallest absolute Gasteiger partial charge is 0.106 e. The summed E-state index contributed by atoms with van der Waals surface area (Å²) in [5.74, 6) is 1.03. The van der Waals surface area contributed by atoms with Gasteiger partial charge in [-0.15, -0.1) is 0 Å². The van der Waals surface area contributed by atoms with E-state index in [-0.39, 0.29) is 5.37 Å². The van der Waals surface area contributed by atoms with Gasteiger partial charge >= 0.3 is 0 Å². The molecule has 15 heavy (non-hydrogen) atoms. The number of imidazole rings is 1. The standard InChI is InChI=1S/C11H15N3S/c1-7-13-9-6-8(11(15)12-2)4-5-10(9)14(7)3/h4-6,11-12,15H,1-3H3. The van der Waals surface area contributed by atoms with Crippen LogP contribution in [0.1, 0.15) is 16.8 Å². The van der Waals surface area contributed by atoms with Gasteiger partial charge in [-0.3, -0.25) is 0 Å². The van der Waals surface area contributed by atoms with E-state index in [1.807, 2.05) is 21.0 Å². The molecule has 0 aliphatic heterocycles. The average molecular weight is 221 g/mol. The van der Waals surface area contributed by atoms with Crippen LogP contribution in [0.3, 0.4) is 0 Å². The molecule has 1 unspecified atom stereocenters. The van der Waals surface area contributed by atoms with Crippen LogP contribution in [0.2, 0.25) is 0 Å². The lowest BCUT2D eigenvalue weighted by molar-refractivity contribution is 0.801. The van der Waals surface area contributed by atoms with E-state index in [1.165, 1.54) is 0 Å². The van der Waals surface area contributed by atoms with Gasteiger partial charge in [0, 0.05) is 7.05 Å². The number of rotatable bonds is 2. The summed E-state index contributed by atoms with van der Waals surface area (Å²) < 4.78 is 2.09. The van der Waals surface area contributed by atoms with E-state index in [0.717, 1.165) is 22.4 Å². The monoisotopic (exact) mass is 221 g/mol. The van der Waals surface area contributed by atoms with Crippen molar-refractivity contribution in [1.82, 2.24) is 14.9 Å². The van der Waals surface area contributed by atoms with Crippen molar-refractivity contribution >= 4 is 23.7 Å². The molecule has 0 amide bonds. The fourth-order valence-electron chi connectivity index (χ4n) is 1.67. The molecule has 80 valence electrons. The van der Waals surface area contributed by atoms with Gasteiger partial charge in [0.05, 0.1) is 16.4 Å². The summed E-state index contributed by atoms with van der Waals surface area (Å²) in [4.78, 5) is 4.49. The third-order valence-corrected chi connectivity index (χ3v) is 3.27.